The summed E-state index contributed by atoms with van der Waals surface area (Å²) in [6.45, 7) is 9.53. The average Bonchev–Trinajstić information content (AvgIpc) is 2.63. The van der Waals surface area contributed by atoms with Gasteiger partial charge in [-0.05, 0) is 35.8 Å². The first-order valence-electron chi connectivity index (χ1n) is 9.24. The van der Waals surface area contributed by atoms with E-state index in [0.717, 1.165) is 37.0 Å². The molecule has 0 spiro atoms. The van der Waals surface area contributed by atoms with Crippen LogP contribution < -0.4 is 15.5 Å². The zero-order valence-corrected chi connectivity index (χ0v) is 16.8. The summed E-state index contributed by atoms with van der Waals surface area (Å²) in [5.74, 6) is 0.607. The van der Waals surface area contributed by atoms with Crippen LogP contribution in [-0.4, -0.2) is 68.9 Å². The van der Waals surface area contributed by atoms with Gasteiger partial charge in [0.05, 0.1) is 32.8 Å². The number of carbonyl (C=O) groups excluding carboxylic acids is 1. The van der Waals surface area contributed by atoms with Crippen molar-refractivity contribution in [2.24, 2.45) is 0 Å². The number of thiocarbonyl (C=S) groups is 1. The molecule has 1 aliphatic rings. The Hall–Kier alpha value is -1.70. The smallest absolute Gasteiger partial charge is 0.275 e. The van der Waals surface area contributed by atoms with E-state index < -0.39 is 0 Å². The van der Waals surface area contributed by atoms with Crippen molar-refractivity contribution in [3.05, 3.63) is 29.8 Å². The highest BCUT2D eigenvalue weighted by molar-refractivity contribution is 7.80. The van der Waals surface area contributed by atoms with E-state index in [1.807, 2.05) is 0 Å². The molecular weight excluding hydrogens is 348 g/mol. The van der Waals surface area contributed by atoms with Gasteiger partial charge in [0.1, 0.15) is 0 Å². The summed E-state index contributed by atoms with van der Waals surface area (Å²) in [5.41, 5.74) is 2.34. The lowest BCUT2D eigenvalue weighted by molar-refractivity contribution is -0.895. The van der Waals surface area contributed by atoms with Crippen molar-refractivity contribution < 1.29 is 14.4 Å². The number of nitrogens with one attached hydrogen (secondary N) is 3. The molecule has 1 amide bonds. The van der Waals surface area contributed by atoms with Crippen LogP contribution >= 0.6 is 12.2 Å². The molecule has 0 aromatic heterocycles. The molecule has 1 heterocycles. The lowest BCUT2D eigenvalue weighted by Gasteiger charge is -2.33. The molecule has 0 unspecified atom stereocenters. The van der Waals surface area contributed by atoms with Gasteiger partial charge in [0.2, 0.25) is 0 Å². The number of hydrogen-bond acceptors (Lipinski definition) is 3. The van der Waals surface area contributed by atoms with E-state index in [0.29, 0.717) is 25.6 Å². The maximum atomic E-state index is 11.9. The van der Waals surface area contributed by atoms with Crippen molar-refractivity contribution in [1.82, 2.24) is 10.2 Å². The van der Waals surface area contributed by atoms with Crippen LogP contribution in [0, 0.1) is 0 Å². The van der Waals surface area contributed by atoms with Crippen LogP contribution in [0.2, 0.25) is 0 Å². The first-order valence-corrected chi connectivity index (χ1v) is 9.65. The maximum Gasteiger partial charge on any atom is 0.275 e. The Balaban J connectivity index is 1.73. The monoisotopic (exact) mass is 379 g/mol. The van der Waals surface area contributed by atoms with E-state index in [4.69, 9.17) is 17.0 Å². The summed E-state index contributed by atoms with van der Waals surface area (Å²) >= 11 is 5.55. The van der Waals surface area contributed by atoms with Gasteiger partial charge in [0.25, 0.3) is 5.91 Å². The average molecular weight is 380 g/mol. The zero-order valence-electron chi connectivity index (χ0n) is 16.0. The molecule has 0 aliphatic carbocycles. The quantitative estimate of drug-likeness (QED) is 0.475. The third kappa shape index (κ3) is 6.55. The Bertz CT molecular complexity index is 584. The van der Waals surface area contributed by atoms with Gasteiger partial charge in [-0.1, -0.05) is 26.0 Å². The lowest BCUT2D eigenvalue weighted by Crippen LogP contribution is -3.15. The van der Waals surface area contributed by atoms with E-state index in [1.54, 1.807) is 7.11 Å². The Morgan fingerprint density at radius 3 is 2.50 bits per heavy atom. The maximum absolute atomic E-state index is 11.9. The Morgan fingerprint density at radius 2 is 1.92 bits per heavy atom. The van der Waals surface area contributed by atoms with Crippen molar-refractivity contribution in [3.63, 3.8) is 0 Å². The predicted octanol–water partition coefficient (Wildman–Crippen LogP) is 0.470. The molecule has 1 saturated heterocycles. The van der Waals surface area contributed by atoms with E-state index in [2.05, 4.69) is 53.6 Å². The number of amides is 1. The van der Waals surface area contributed by atoms with Crippen LogP contribution in [0.5, 0.6) is 0 Å². The van der Waals surface area contributed by atoms with Crippen molar-refractivity contribution in [2.75, 3.05) is 58.3 Å². The first-order chi connectivity index (χ1) is 12.5. The normalized spacial score (nSPS) is 15.2. The number of ether oxygens (including phenoxy) is 1. The lowest BCUT2D eigenvalue weighted by atomic mass is 10.0. The largest absolute Gasteiger partial charge is 0.383 e. The van der Waals surface area contributed by atoms with E-state index in [-0.39, 0.29) is 5.91 Å². The molecule has 0 saturated carbocycles. The summed E-state index contributed by atoms with van der Waals surface area (Å²) in [4.78, 5) is 15.3. The molecule has 1 aromatic carbocycles. The second kappa shape index (κ2) is 10.4. The van der Waals surface area contributed by atoms with Crippen LogP contribution in [0.3, 0.4) is 0 Å². The van der Waals surface area contributed by atoms with Crippen molar-refractivity contribution in [1.29, 1.82) is 0 Å². The van der Waals surface area contributed by atoms with Gasteiger partial charge in [0.15, 0.2) is 11.7 Å². The van der Waals surface area contributed by atoms with Gasteiger partial charge in [-0.2, -0.15) is 0 Å². The summed E-state index contributed by atoms with van der Waals surface area (Å²) in [7, 11) is 1.63. The number of methoxy groups -OCH3 is 1. The standard InChI is InChI=1S/C19H30N4O2S/c1-15(2)16-4-6-17(7-5-16)21-19(26)23-11-9-22(10-12-23)14-18(24)20-8-13-25-3/h4-7,15H,8-14H2,1-3H3,(H,20,24)(H,21,26)/p+1. The number of nitrogens with zero attached hydrogens (tertiary/aromatic N) is 1. The number of benzene rings is 1. The Kier molecular flexibility index (Phi) is 8.28. The number of piperazine rings is 1. The highest BCUT2D eigenvalue weighted by Gasteiger charge is 2.23. The molecule has 144 valence electrons. The molecule has 6 nitrogen and oxygen atoms in total. The topological polar surface area (TPSA) is 58.0 Å². The summed E-state index contributed by atoms with van der Waals surface area (Å²) in [5, 5.41) is 6.95. The third-order valence-corrected chi connectivity index (χ3v) is 4.99. The minimum absolute atomic E-state index is 0.0800. The van der Waals surface area contributed by atoms with Gasteiger partial charge in [-0.15, -0.1) is 0 Å². The van der Waals surface area contributed by atoms with Gasteiger partial charge in [0, 0.05) is 19.3 Å². The molecule has 26 heavy (non-hydrogen) atoms. The highest BCUT2D eigenvalue weighted by atomic mass is 32.1. The molecule has 7 heteroatoms. The molecule has 0 radical (unpaired) electrons. The van der Waals surface area contributed by atoms with Crippen LogP contribution in [0.15, 0.2) is 24.3 Å². The van der Waals surface area contributed by atoms with Gasteiger partial charge < -0.3 is 25.2 Å². The number of carbonyl (C=O) groups is 1. The van der Waals surface area contributed by atoms with Crippen molar-refractivity contribution in [3.8, 4) is 0 Å². The van der Waals surface area contributed by atoms with E-state index in [9.17, 15) is 4.79 Å². The van der Waals surface area contributed by atoms with Crippen LogP contribution in [-0.2, 0) is 9.53 Å². The van der Waals surface area contributed by atoms with Crippen molar-refractivity contribution >= 4 is 28.9 Å². The minimum Gasteiger partial charge on any atom is -0.383 e. The summed E-state index contributed by atoms with van der Waals surface area (Å²) in [6.07, 6.45) is 0. The molecule has 1 aromatic rings. The molecule has 3 N–H and O–H groups in total. The number of quaternary nitrogens is 1. The van der Waals surface area contributed by atoms with Crippen LogP contribution in [0.25, 0.3) is 0 Å². The fourth-order valence-electron chi connectivity index (χ4n) is 2.94. The second-order valence-electron chi connectivity index (χ2n) is 6.96. The minimum atomic E-state index is 0.0800. The van der Waals surface area contributed by atoms with Gasteiger partial charge in [-0.25, -0.2) is 0 Å². The molecule has 1 aliphatic heterocycles. The fraction of sp³-hybridized carbons (Fsp3) is 0.579. The first kappa shape index (κ1) is 20.6. The molecule has 1 fully saturated rings. The second-order valence-corrected chi connectivity index (χ2v) is 7.35. The van der Waals surface area contributed by atoms with Crippen molar-refractivity contribution in [2.45, 2.75) is 19.8 Å². The van der Waals surface area contributed by atoms with Crippen LogP contribution in [0.1, 0.15) is 25.3 Å². The summed E-state index contributed by atoms with van der Waals surface area (Å²) in [6, 6.07) is 8.43. The van der Waals surface area contributed by atoms with Crippen LogP contribution in [0.4, 0.5) is 5.69 Å². The molecule has 2 rings (SSSR count). The van der Waals surface area contributed by atoms with E-state index >= 15 is 0 Å². The van der Waals surface area contributed by atoms with E-state index in [1.165, 1.54) is 10.5 Å². The Labute approximate surface area is 161 Å². The number of anilines is 1. The van der Waals surface area contributed by atoms with Gasteiger partial charge >= 0.3 is 0 Å². The Morgan fingerprint density at radius 1 is 1.27 bits per heavy atom. The zero-order chi connectivity index (χ0) is 18.9. The fourth-order valence-corrected chi connectivity index (χ4v) is 3.24. The number of hydrogen-bond donors (Lipinski definition) is 3. The molecule has 0 bridgehead atoms. The molecular formula is C19H31N4O2S+. The summed E-state index contributed by atoms with van der Waals surface area (Å²) < 4.78 is 4.94. The third-order valence-electron chi connectivity index (χ3n) is 4.63. The molecule has 0 atom stereocenters. The van der Waals surface area contributed by atoms with Gasteiger partial charge in [-0.3, -0.25) is 4.79 Å². The predicted molar refractivity (Wildman–Crippen MR) is 109 cm³/mol. The number of rotatable bonds is 7. The highest BCUT2D eigenvalue weighted by Crippen LogP contribution is 2.17. The SMILES string of the molecule is COCCNC(=O)C[NH+]1CCN(C(=S)Nc2ccc(C(C)C)cc2)CC1.